The van der Waals surface area contributed by atoms with Gasteiger partial charge >= 0.3 is 0 Å². The SMILES string of the molecule is CC(C)(CNC(=O)C(N)Cc1ccccc1)c1ccccc1. The zero-order valence-corrected chi connectivity index (χ0v) is 13.3. The van der Waals surface area contributed by atoms with Gasteiger partial charge in [-0.2, -0.15) is 0 Å². The summed E-state index contributed by atoms with van der Waals surface area (Å²) in [5, 5.41) is 2.98. The lowest BCUT2D eigenvalue weighted by Gasteiger charge is -2.26. The summed E-state index contributed by atoms with van der Waals surface area (Å²) < 4.78 is 0. The number of carbonyl (C=O) groups excluding carboxylic acids is 1. The Bertz CT molecular complexity index is 593. The van der Waals surface area contributed by atoms with Crippen LogP contribution in [0.1, 0.15) is 25.0 Å². The Hall–Kier alpha value is -2.13. The molecular weight excluding hydrogens is 272 g/mol. The number of hydrogen-bond acceptors (Lipinski definition) is 2. The first kappa shape index (κ1) is 16.2. The van der Waals surface area contributed by atoms with E-state index in [9.17, 15) is 4.79 Å². The molecule has 2 rings (SSSR count). The van der Waals surface area contributed by atoms with Crippen LogP contribution in [0.15, 0.2) is 60.7 Å². The Labute approximate surface area is 132 Å². The second kappa shape index (κ2) is 7.23. The molecule has 2 aromatic rings. The molecule has 1 atom stereocenters. The van der Waals surface area contributed by atoms with Crippen molar-refractivity contribution in [3.8, 4) is 0 Å². The van der Waals surface area contributed by atoms with Gasteiger partial charge in [-0.1, -0.05) is 74.5 Å². The van der Waals surface area contributed by atoms with E-state index < -0.39 is 6.04 Å². The van der Waals surface area contributed by atoms with Crippen molar-refractivity contribution >= 4 is 5.91 Å². The highest BCUT2D eigenvalue weighted by molar-refractivity contribution is 5.81. The smallest absolute Gasteiger partial charge is 0.237 e. The minimum atomic E-state index is -0.519. The highest BCUT2D eigenvalue weighted by atomic mass is 16.2. The molecule has 1 amide bonds. The Kier molecular flexibility index (Phi) is 5.34. The summed E-state index contributed by atoms with van der Waals surface area (Å²) in [4.78, 5) is 12.2. The summed E-state index contributed by atoms with van der Waals surface area (Å²) in [5.74, 6) is -0.104. The van der Waals surface area contributed by atoms with Gasteiger partial charge in [-0.15, -0.1) is 0 Å². The number of rotatable bonds is 6. The van der Waals surface area contributed by atoms with E-state index in [1.54, 1.807) is 0 Å². The first-order chi connectivity index (χ1) is 10.5. The highest BCUT2D eigenvalue weighted by Crippen LogP contribution is 2.21. The van der Waals surface area contributed by atoms with Crippen LogP contribution >= 0.6 is 0 Å². The average Bonchev–Trinajstić information content (AvgIpc) is 2.54. The molecule has 0 spiro atoms. The van der Waals surface area contributed by atoms with Gasteiger partial charge in [-0.3, -0.25) is 4.79 Å². The molecule has 3 nitrogen and oxygen atoms in total. The topological polar surface area (TPSA) is 55.1 Å². The largest absolute Gasteiger partial charge is 0.354 e. The van der Waals surface area contributed by atoms with Crippen LogP contribution in [-0.4, -0.2) is 18.5 Å². The van der Waals surface area contributed by atoms with Crippen molar-refractivity contribution in [3.05, 3.63) is 71.8 Å². The molecule has 3 N–H and O–H groups in total. The molecule has 0 heterocycles. The van der Waals surface area contributed by atoms with Crippen molar-refractivity contribution in [3.63, 3.8) is 0 Å². The van der Waals surface area contributed by atoms with Crippen molar-refractivity contribution in [2.24, 2.45) is 5.73 Å². The summed E-state index contributed by atoms with van der Waals surface area (Å²) in [6.45, 7) is 4.80. The minimum Gasteiger partial charge on any atom is -0.354 e. The van der Waals surface area contributed by atoms with Crippen LogP contribution in [0.25, 0.3) is 0 Å². The third-order valence-corrected chi connectivity index (χ3v) is 3.90. The molecule has 0 bridgehead atoms. The molecule has 0 radical (unpaired) electrons. The number of amides is 1. The fraction of sp³-hybridized carbons (Fsp3) is 0.316. The Morgan fingerprint density at radius 2 is 1.59 bits per heavy atom. The molecule has 0 aliphatic carbocycles. The van der Waals surface area contributed by atoms with Crippen LogP contribution in [-0.2, 0) is 16.6 Å². The predicted octanol–water partition coefficient (Wildman–Crippen LogP) is 2.65. The summed E-state index contributed by atoms with van der Waals surface area (Å²) in [6, 6.07) is 19.5. The molecule has 116 valence electrons. The Balaban J connectivity index is 1.89. The van der Waals surface area contributed by atoms with Crippen LogP contribution < -0.4 is 11.1 Å². The van der Waals surface area contributed by atoms with E-state index >= 15 is 0 Å². The molecule has 0 saturated carbocycles. The zero-order chi connectivity index (χ0) is 16.0. The molecule has 3 heteroatoms. The maximum atomic E-state index is 12.2. The van der Waals surface area contributed by atoms with Gasteiger partial charge in [0.1, 0.15) is 0 Å². The van der Waals surface area contributed by atoms with E-state index in [1.807, 2.05) is 48.5 Å². The first-order valence-corrected chi connectivity index (χ1v) is 7.62. The van der Waals surface area contributed by atoms with Gasteiger partial charge < -0.3 is 11.1 Å². The number of hydrogen-bond donors (Lipinski definition) is 2. The molecule has 0 saturated heterocycles. The molecule has 0 aromatic heterocycles. The first-order valence-electron chi connectivity index (χ1n) is 7.62. The van der Waals surface area contributed by atoms with Gasteiger partial charge in [-0.25, -0.2) is 0 Å². The van der Waals surface area contributed by atoms with Gasteiger partial charge in [0.25, 0.3) is 0 Å². The predicted molar refractivity (Wildman–Crippen MR) is 90.6 cm³/mol. The average molecular weight is 296 g/mol. The summed E-state index contributed by atoms with van der Waals surface area (Å²) >= 11 is 0. The van der Waals surface area contributed by atoms with Gasteiger partial charge in [0.2, 0.25) is 5.91 Å². The Morgan fingerprint density at radius 1 is 1.05 bits per heavy atom. The maximum Gasteiger partial charge on any atom is 0.237 e. The minimum absolute atomic E-state index is 0.104. The third kappa shape index (κ3) is 4.43. The third-order valence-electron chi connectivity index (χ3n) is 3.90. The van der Waals surface area contributed by atoms with Crippen LogP contribution in [0.2, 0.25) is 0 Å². The molecular formula is C19H24N2O. The number of carbonyl (C=O) groups is 1. The normalized spacial score (nSPS) is 12.7. The monoisotopic (exact) mass is 296 g/mol. The summed E-state index contributed by atoms with van der Waals surface area (Å²) in [7, 11) is 0. The molecule has 2 aromatic carbocycles. The number of nitrogens with two attached hydrogens (primary N) is 1. The van der Waals surface area contributed by atoms with E-state index in [2.05, 4.69) is 31.3 Å². The van der Waals surface area contributed by atoms with E-state index in [0.29, 0.717) is 13.0 Å². The fourth-order valence-electron chi connectivity index (χ4n) is 2.39. The van der Waals surface area contributed by atoms with Gasteiger partial charge in [0.05, 0.1) is 6.04 Å². The van der Waals surface area contributed by atoms with Gasteiger partial charge in [0.15, 0.2) is 0 Å². The van der Waals surface area contributed by atoms with Crippen molar-refractivity contribution in [2.45, 2.75) is 31.7 Å². The lowest BCUT2D eigenvalue weighted by Crippen LogP contribution is -2.46. The van der Waals surface area contributed by atoms with Crippen molar-refractivity contribution in [1.82, 2.24) is 5.32 Å². The summed E-state index contributed by atoms with van der Waals surface area (Å²) in [6.07, 6.45) is 0.554. The van der Waals surface area contributed by atoms with Crippen LogP contribution in [0.3, 0.4) is 0 Å². The van der Waals surface area contributed by atoms with Crippen LogP contribution in [0, 0.1) is 0 Å². The van der Waals surface area contributed by atoms with Crippen LogP contribution in [0.4, 0.5) is 0 Å². The Morgan fingerprint density at radius 3 is 2.18 bits per heavy atom. The summed E-state index contributed by atoms with van der Waals surface area (Å²) in [5.41, 5.74) is 8.16. The second-order valence-corrected chi connectivity index (χ2v) is 6.26. The number of benzene rings is 2. The number of nitrogens with one attached hydrogen (secondary N) is 1. The molecule has 0 aliphatic heterocycles. The van der Waals surface area contributed by atoms with Gasteiger partial charge in [-0.05, 0) is 17.5 Å². The highest BCUT2D eigenvalue weighted by Gasteiger charge is 2.22. The molecule has 0 fully saturated rings. The lowest BCUT2D eigenvalue weighted by atomic mass is 9.84. The molecule has 0 aliphatic rings. The van der Waals surface area contributed by atoms with Crippen LogP contribution in [0.5, 0.6) is 0 Å². The lowest BCUT2D eigenvalue weighted by molar-refractivity contribution is -0.122. The zero-order valence-electron chi connectivity index (χ0n) is 13.3. The maximum absolute atomic E-state index is 12.2. The molecule has 22 heavy (non-hydrogen) atoms. The van der Waals surface area contributed by atoms with Crippen molar-refractivity contribution in [1.29, 1.82) is 0 Å². The van der Waals surface area contributed by atoms with Crippen molar-refractivity contribution < 1.29 is 4.79 Å². The standard InChI is InChI=1S/C19H24N2O/c1-19(2,16-11-7-4-8-12-16)14-21-18(22)17(20)13-15-9-5-3-6-10-15/h3-12,17H,13-14,20H2,1-2H3,(H,21,22). The van der Waals surface area contributed by atoms with Crippen molar-refractivity contribution in [2.75, 3.05) is 6.54 Å². The van der Waals surface area contributed by atoms with E-state index in [1.165, 1.54) is 5.56 Å². The second-order valence-electron chi connectivity index (χ2n) is 6.26. The van der Waals surface area contributed by atoms with E-state index in [0.717, 1.165) is 5.56 Å². The van der Waals surface area contributed by atoms with E-state index in [-0.39, 0.29) is 11.3 Å². The molecule has 1 unspecified atom stereocenters. The van der Waals surface area contributed by atoms with Gasteiger partial charge in [0, 0.05) is 12.0 Å². The quantitative estimate of drug-likeness (QED) is 0.861. The fourth-order valence-corrected chi connectivity index (χ4v) is 2.39. The van der Waals surface area contributed by atoms with E-state index in [4.69, 9.17) is 5.73 Å².